The monoisotopic (exact) mass is 296 g/mol. The van der Waals surface area contributed by atoms with E-state index in [0.29, 0.717) is 21.3 Å². The van der Waals surface area contributed by atoms with Gasteiger partial charge in [-0.25, -0.2) is 0 Å². The van der Waals surface area contributed by atoms with Gasteiger partial charge in [-0.1, -0.05) is 23.2 Å². The van der Waals surface area contributed by atoms with Gasteiger partial charge in [0.25, 0.3) is 0 Å². The topological polar surface area (TPSA) is 46.3 Å². The van der Waals surface area contributed by atoms with Crippen LogP contribution in [0.1, 0.15) is 17.3 Å². The van der Waals surface area contributed by atoms with Crippen molar-refractivity contribution in [2.45, 2.75) is 13.0 Å². The molecule has 3 nitrogen and oxygen atoms in total. The van der Waals surface area contributed by atoms with E-state index < -0.39 is 0 Å². The molecule has 2 N–H and O–H groups in total. The Morgan fingerprint density at radius 2 is 1.71 bits per heavy atom. The van der Waals surface area contributed by atoms with Gasteiger partial charge in [-0.15, -0.1) is 12.4 Å². The lowest BCUT2D eigenvalue weighted by molar-refractivity contribution is 0.0891. The Balaban J connectivity index is 0.00000256. The molecular weight excluding hydrogens is 282 g/mol. The van der Waals surface area contributed by atoms with Gasteiger partial charge in [0.1, 0.15) is 0 Å². The zero-order chi connectivity index (χ0) is 12.5. The summed E-state index contributed by atoms with van der Waals surface area (Å²) in [5.74, 6) is -0.0335. The minimum Gasteiger partial charge on any atom is -0.396 e. The molecule has 1 atom stereocenters. The number of halogens is 3. The Morgan fingerprint density at radius 3 is 2.06 bits per heavy atom. The number of anilines is 1. The fraction of sp³-hybridized carbons (Fsp3) is 0.364. The molecule has 6 heteroatoms. The molecule has 0 aliphatic heterocycles. The summed E-state index contributed by atoms with van der Waals surface area (Å²) in [6.07, 6.45) is 0. The second-order valence-electron chi connectivity index (χ2n) is 3.86. The van der Waals surface area contributed by atoms with Crippen molar-refractivity contribution < 1.29 is 4.79 Å². The first-order chi connectivity index (χ1) is 7.34. The van der Waals surface area contributed by atoms with Crippen LogP contribution in [-0.2, 0) is 0 Å². The summed E-state index contributed by atoms with van der Waals surface area (Å²) in [6, 6.07) is 2.87. The predicted molar refractivity (Wildman–Crippen MR) is 75.6 cm³/mol. The van der Waals surface area contributed by atoms with Crippen molar-refractivity contribution in [1.29, 1.82) is 0 Å². The maximum Gasteiger partial charge on any atom is 0.179 e. The zero-order valence-corrected chi connectivity index (χ0v) is 12.2. The maximum absolute atomic E-state index is 12.0. The number of hydrogen-bond acceptors (Lipinski definition) is 3. The normalized spacial score (nSPS) is 12.1. The van der Waals surface area contributed by atoms with Crippen molar-refractivity contribution in [3.8, 4) is 0 Å². The Morgan fingerprint density at radius 1 is 1.29 bits per heavy atom. The fourth-order valence-electron chi connectivity index (χ4n) is 1.20. The lowest BCUT2D eigenvalue weighted by atomic mass is 10.0. The number of ketones is 1. The molecule has 0 radical (unpaired) electrons. The Bertz CT molecular complexity index is 398. The van der Waals surface area contributed by atoms with Crippen molar-refractivity contribution in [1.82, 2.24) is 4.90 Å². The molecule has 0 amide bonds. The van der Waals surface area contributed by atoms with Crippen molar-refractivity contribution in [2.24, 2.45) is 0 Å². The van der Waals surface area contributed by atoms with Crippen molar-refractivity contribution in [2.75, 3.05) is 19.8 Å². The number of nitrogen functional groups attached to an aromatic ring is 1. The van der Waals surface area contributed by atoms with Crippen LogP contribution in [0.25, 0.3) is 0 Å². The summed E-state index contributed by atoms with van der Waals surface area (Å²) in [4.78, 5) is 13.8. The van der Waals surface area contributed by atoms with E-state index in [4.69, 9.17) is 28.9 Å². The molecule has 0 saturated heterocycles. The van der Waals surface area contributed by atoms with E-state index in [1.165, 1.54) is 0 Å². The molecule has 0 bridgehead atoms. The highest BCUT2D eigenvalue weighted by Crippen LogP contribution is 2.29. The van der Waals surface area contributed by atoms with Crippen LogP contribution >= 0.6 is 35.6 Å². The highest BCUT2D eigenvalue weighted by Gasteiger charge is 2.18. The smallest absolute Gasteiger partial charge is 0.179 e. The van der Waals surface area contributed by atoms with Gasteiger partial charge in [-0.05, 0) is 33.2 Å². The van der Waals surface area contributed by atoms with Crippen LogP contribution < -0.4 is 5.73 Å². The van der Waals surface area contributed by atoms with Crippen LogP contribution in [-0.4, -0.2) is 30.8 Å². The van der Waals surface area contributed by atoms with E-state index in [0.717, 1.165) is 0 Å². The number of Topliss-reactive ketones (excluding diaryl/α,β-unsaturated/α-hetero) is 1. The average molecular weight is 298 g/mol. The van der Waals surface area contributed by atoms with E-state index in [-0.39, 0.29) is 24.2 Å². The van der Waals surface area contributed by atoms with Crippen molar-refractivity contribution >= 4 is 47.1 Å². The van der Waals surface area contributed by atoms with E-state index in [2.05, 4.69) is 0 Å². The summed E-state index contributed by atoms with van der Waals surface area (Å²) in [7, 11) is 3.67. The van der Waals surface area contributed by atoms with Gasteiger partial charge in [-0.3, -0.25) is 9.69 Å². The quantitative estimate of drug-likeness (QED) is 0.689. The summed E-state index contributed by atoms with van der Waals surface area (Å²) < 4.78 is 0. The maximum atomic E-state index is 12.0. The third-order valence-corrected chi connectivity index (χ3v) is 3.14. The van der Waals surface area contributed by atoms with Gasteiger partial charge < -0.3 is 5.73 Å². The molecule has 1 rings (SSSR count). The molecule has 96 valence electrons. The number of likely N-dealkylation sites (N-methyl/N-ethyl adjacent to an activating group) is 1. The Kier molecular flexibility index (Phi) is 6.27. The summed E-state index contributed by atoms with van der Waals surface area (Å²) in [6.45, 7) is 1.82. The zero-order valence-electron chi connectivity index (χ0n) is 9.83. The van der Waals surface area contributed by atoms with Crippen LogP contribution in [0.5, 0.6) is 0 Å². The predicted octanol–water partition coefficient (Wildman–Crippen LogP) is 3.13. The fourth-order valence-corrected chi connectivity index (χ4v) is 1.69. The molecule has 1 unspecified atom stereocenters. The summed E-state index contributed by atoms with van der Waals surface area (Å²) in [5, 5.41) is 0.614. The molecule has 1 aromatic rings. The highest BCUT2D eigenvalue weighted by atomic mass is 35.5. The number of nitrogens with zero attached hydrogens (tertiary/aromatic N) is 1. The summed E-state index contributed by atoms with van der Waals surface area (Å²) in [5.41, 5.74) is 6.38. The van der Waals surface area contributed by atoms with Crippen molar-refractivity contribution in [3.63, 3.8) is 0 Å². The molecule has 17 heavy (non-hydrogen) atoms. The van der Waals surface area contributed by atoms with Crippen LogP contribution in [0.15, 0.2) is 12.1 Å². The van der Waals surface area contributed by atoms with Crippen LogP contribution in [0.2, 0.25) is 10.0 Å². The number of benzene rings is 1. The largest absolute Gasteiger partial charge is 0.396 e. The Hall–Kier alpha value is -0.480. The van der Waals surface area contributed by atoms with Gasteiger partial charge in [0.2, 0.25) is 0 Å². The number of carbonyl (C=O) groups is 1. The number of hydrogen-bond donors (Lipinski definition) is 1. The number of carbonyl (C=O) groups excluding carboxylic acids is 1. The first kappa shape index (κ1) is 16.5. The molecule has 0 spiro atoms. The number of rotatable bonds is 3. The minimum atomic E-state index is -0.226. The lowest BCUT2D eigenvalue weighted by Crippen LogP contribution is -2.32. The van der Waals surface area contributed by atoms with E-state index in [1.807, 2.05) is 25.9 Å². The average Bonchev–Trinajstić information content (AvgIpc) is 2.22. The first-order valence-electron chi connectivity index (χ1n) is 4.79. The van der Waals surface area contributed by atoms with Crippen LogP contribution in [0, 0.1) is 0 Å². The molecule has 0 heterocycles. The van der Waals surface area contributed by atoms with Crippen molar-refractivity contribution in [3.05, 3.63) is 27.7 Å². The first-order valence-corrected chi connectivity index (χ1v) is 5.55. The SMILES string of the molecule is CC(C(=O)c1cc(Cl)c(N)c(Cl)c1)N(C)C.Cl. The molecule has 0 aliphatic carbocycles. The van der Waals surface area contributed by atoms with Gasteiger partial charge >= 0.3 is 0 Å². The van der Waals surface area contributed by atoms with E-state index >= 15 is 0 Å². The van der Waals surface area contributed by atoms with Crippen LogP contribution in [0.3, 0.4) is 0 Å². The molecule has 0 aliphatic rings. The molecule has 0 fully saturated rings. The highest BCUT2D eigenvalue weighted by molar-refractivity contribution is 6.39. The minimum absolute atomic E-state index is 0. The second kappa shape index (κ2) is 6.45. The third kappa shape index (κ3) is 3.75. The van der Waals surface area contributed by atoms with E-state index in [9.17, 15) is 4.79 Å². The molecule has 0 aromatic heterocycles. The lowest BCUT2D eigenvalue weighted by Gasteiger charge is -2.18. The van der Waals surface area contributed by atoms with Gasteiger partial charge in [0.15, 0.2) is 5.78 Å². The third-order valence-electron chi connectivity index (χ3n) is 2.52. The van der Waals surface area contributed by atoms with E-state index in [1.54, 1.807) is 12.1 Å². The van der Waals surface area contributed by atoms with Gasteiger partial charge in [-0.2, -0.15) is 0 Å². The number of nitrogens with two attached hydrogens (primary N) is 1. The molecule has 1 aromatic carbocycles. The Labute approximate surface area is 117 Å². The molecule has 0 saturated carbocycles. The van der Waals surface area contributed by atoms with Gasteiger partial charge in [0, 0.05) is 5.56 Å². The van der Waals surface area contributed by atoms with Crippen LogP contribution in [0.4, 0.5) is 5.69 Å². The second-order valence-corrected chi connectivity index (χ2v) is 4.67. The standard InChI is InChI=1S/C11H14Cl2N2O.ClH/c1-6(15(2)3)11(16)7-4-8(12)10(14)9(13)5-7;/h4-6H,14H2,1-3H3;1H. The molecular formula is C11H15Cl3N2O. The van der Waals surface area contributed by atoms with Gasteiger partial charge in [0.05, 0.1) is 21.8 Å². The summed E-state index contributed by atoms with van der Waals surface area (Å²) >= 11 is 11.7.